The first-order chi connectivity index (χ1) is 5.33. The molecule has 0 fully saturated rings. The first kappa shape index (κ1) is 8.81. The van der Waals surface area contributed by atoms with Gasteiger partial charge in [-0.15, -0.1) is 28.5 Å². The van der Waals surface area contributed by atoms with Gasteiger partial charge in [-0.1, -0.05) is 6.92 Å². The Bertz CT molecular complexity index is 205. The second kappa shape index (κ2) is 4.57. The van der Waals surface area contributed by atoms with Crippen molar-refractivity contribution in [1.82, 2.24) is 10.2 Å². The molecule has 0 aliphatic carbocycles. The minimum absolute atomic E-state index is 0.397. The molecule has 4 heteroatoms. The highest BCUT2D eigenvalue weighted by molar-refractivity contribution is 7.99. The van der Waals surface area contributed by atoms with Crippen LogP contribution >= 0.6 is 23.4 Å². The minimum Gasteiger partial charge on any atom is -0.158 e. The summed E-state index contributed by atoms with van der Waals surface area (Å²) in [5, 5.41) is 9.01. The fourth-order valence-corrected chi connectivity index (χ4v) is 1.50. The first-order valence-electron chi connectivity index (χ1n) is 3.33. The third kappa shape index (κ3) is 3.08. The van der Waals surface area contributed by atoms with Gasteiger partial charge in [0.1, 0.15) is 5.03 Å². The number of hydrogen-bond donors (Lipinski definition) is 0. The molecule has 0 aliphatic rings. The number of alkyl halides is 1. The molecular weight excluding hydrogens is 180 g/mol. The number of aromatic nitrogens is 2. The van der Waals surface area contributed by atoms with E-state index in [4.69, 9.17) is 11.6 Å². The highest BCUT2D eigenvalue weighted by Gasteiger charge is 2.02. The van der Waals surface area contributed by atoms with Crippen molar-refractivity contribution in [3.8, 4) is 0 Å². The Balaban J connectivity index is 2.51. The molecule has 60 valence electrons. The zero-order valence-corrected chi connectivity index (χ0v) is 7.77. The SMILES string of the molecule is CC(CCl)Sc1cccnn1. The molecule has 0 aromatic carbocycles. The topological polar surface area (TPSA) is 25.8 Å². The van der Waals surface area contributed by atoms with Gasteiger partial charge in [0, 0.05) is 17.3 Å². The summed E-state index contributed by atoms with van der Waals surface area (Å²) in [4.78, 5) is 0. The summed E-state index contributed by atoms with van der Waals surface area (Å²) in [6, 6.07) is 3.80. The third-order valence-corrected chi connectivity index (χ3v) is 2.76. The van der Waals surface area contributed by atoms with E-state index in [0.717, 1.165) is 5.03 Å². The van der Waals surface area contributed by atoms with Crippen molar-refractivity contribution in [3.05, 3.63) is 18.3 Å². The molecule has 1 atom stereocenters. The molecule has 0 saturated carbocycles. The third-order valence-electron chi connectivity index (χ3n) is 1.09. The molecule has 1 unspecified atom stereocenters. The van der Waals surface area contributed by atoms with Crippen LogP contribution in [-0.4, -0.2) is 21.3 Å². The molecule has 0 aliphatic heterocycles. The Labute approximate surface area is 75.4 Å². The van der Waals surface area contributed by atoms with E-state index in [9.17, 15) is 0 Å². The van der Waals surface area contributed by atoms with Crippen LogP contribution in [0.5, 0.6) is 0 Å². The molecule has 0 amide bonds. The molecule has 11 heavy (non-hydrogen) atoms. The van der Waals surface area contributed by atoms with Gasteiger partial charge in [0.15, 0.2) is 0 Å². The van der Waals surface area contributed by atoms with E-state index in [0.29, 0.717) is 11.1 Å². The van der Waals surface area contributed by atoms with E-state index >= 15 is 0 Å². The van der Waals surface area contributed by atoms with Crippen molar-refractivity contribution >= 4 is 23.4 Å². The zero-order chi connectivity index (χ0) is 8.10. The van der Waals surface area contributed by atoms with Crippen LogP contribution in [0, 0.1) is 0 Å². The second-order valence-electron chi connectivity index (χ2n) is 2.14. The second-order valence-corrected chi connectivity index (χ2v) is 3.91. The van der Waals surface area contributed by atoms with E-state index in [2.05, 4.69) is 17.1 Å². The van der Waals surface area contributed by atoms with Crippen LogP contribution in [-0.2, 0) is 0 Å². The summed E-state index contributed by atoms with van der Waals surface area (Å²) < 4.78 is 0. The van der Waals surface area contributed by atoms with Gasteiger partial charge < -0.3 is 0 Å². The summed E-state index contributed by atoms with van der Waals surface area (Å²) in [5.41, 5.74) is 0. The summed E-state index contributed by atoms with van der Waals surface area (Å²) in [7, 11) is 0. The largest absolute Gasteiger partial charge is 0.158 e. The van der Waals surface area contributed by atoms with Gasteiger partial charge in [0.25, 0.3) is 0 Å². The lowest BCUT2D eigenvalue weighted by Crippen LogP contribution is -1.97. The van der Waals surface area contributed by atoms with Gasteiger partial charge in [0.2, 0.25) is 0 Å². The van der Waals surface area contributed by atoms with Crippen LogP contribution in [0.2, 0.25) is 0 Å². The average molecular weight is 189 g/mol. The fraction of sp³-hybridized carbons (Fsp3) is 0.429. The van der Waals surface area contributed by atoms with Crippen molar-refractivity contribution in [2.75, 3.05) is 5.88 Å². The molecule has 1 rings (SSSR count). The number of halogens is 1. The highest BCUT2D eigenvalue weighted by atomic mass is 35.5. The molecular formula is C7H9ClN2S. The van der Waals surface area contributed by atoms with Crippen molar-refractivity contribution in [2.24, 2.45) is 0 Å². The predicted molar refractivity (Wildman–Crippen MR) is 48.1 cm³/mol. The molecule has 0 N–H and O–H groups in total. The monoisotopic (exact) mass is 188 g/mol. The lowest BCUT2D eigenvalue weighted by Gasteiger charge is -2.03. The number of rotatable bonds is 3. The van der Waals surface area contributed by atoms with E-state index in [1.54, 1.807) is 18.0 Å². The van der Waals surface area contributed by atoms with Crippen LogP contribution in [0.15, 0.2) is 23.4 Å². The molecule has 1 heterocycles. The van der Waals surface area contributed by atoms with Crippen LogP contribution in [0.25, 0.3) is 0 Å². The van der Waals surface area contributed by atoms with E-state index < -0.39 is 0 Å². The summed E-state index contributed by atoms with van der Waals surface area (Å²) in [5.74, 6) is 0.640. The standard InChI is InChI=1S/C7H9ClN2S/c1-6(5-8)11-7-3-2-4-9-10-7/h2-4,6H,5H2,1H3. The maximum absolute atomic E-state index is 5.63. The number of hydrogen-bond acceptors (Lipinski definition) is 3. The van der Waals surface area contributed by atoms with Crippen LogP contribution in [0.3, 0.4) is 0 Å². The van der Waals surface area contributed by atoms with E-state index in [1.807, 2.05) is 12.1 Å². The fourth-order valence-electron chi connectivity index (χ4n) is 0.588. The average Bonchev–Trinajstić information content (AvgIpc) is 2.06. The highest BCUT2D eigenvalue weighted by Crippen LogP contribution is 2.20. The Morgan fingerprint density at radius 3 is 3.09 bits per heavy atom. The van der Waals surface area contributed by atoms with Gasteiger partial charge in [0.05, 0.1) is 0 Å². The molecule has 0 saturated heterocycles. The predicted octanol–water partition coefficient (Wildman–Crippen LogP) is 2.20. The normalized spacial score (nSPS) is 12.9. The lowest BCUT2D eigenvalue weighted by atomic mass is 10.6. The zero-order valence-electron chi connectivity index (χ0n) is 6.20. The van der Waals surface area contributed by atoms with E-state index in [-0.39, 0.29) is 0 Å². The Hall–Kier alpha value is -0.280. The van der Waals surface area contributed by atoms with Gasteiger partial charge in [-0.2, -0.15) is 5.10 Å². The Morgan fingerprint density at radius 2 is 2.55 bits per heavy atom. The van der Waals surface area contributed by atoms with Crippen LogP contribution < -0.4 is 0 Å². The van der Waals surface area contributed by atoms with Crippen LogP contribution in [0.4, 0.5) is 0 Å². The van der Waals surface area contributed by atoms with Gasteiger partial charge in [-0.05, 0) is 12.1 Å². The smallest absolute Gasteiger partial charge is 0.119 e. The molecule has 1 aromatic rings. The van der Waals surface area contributed by atoms with Crippen molar-refractivity contribution < 1.29 is 0 Å². The maximum atomic E-state index is 5.63. The van der Waals surface area contributed by atoms with Crippen LogP contribution in [0.1, 0.15) is 6.92 Å². The number of thioether (sulfide) groups is 1. The van der Waals surface area contributed by atoms with Crippen molar-refractivity contribution in [3.63, 3.8) is 0 Å². The minimum atomic E-state index is 0.397. The Kier molecular flexibility index (Phi) is 3.66. The molecule has 0 bridgehead atoms. The summed E-state index contributed by atoms with van der Waals surface area (Å²) >= 11 is 7.27. The quantitative estimate of drug-likeness (QED) is 0.537. The van der Waals surface area contributed by atoms with Gasteiger partial charge in [-0.3, -0.25) is 0 Å². The summed E-state index contributed by atoms with van der Waals surface area (Å²) in [6.07, 6.45) is 1.66. The molecule has 2 nitrogen and oxygen atoms in total. The Morgan fingerprint density at radius 1 is 1.73 bits per heavy atom. The number of nitrogens with zero attached hydrogens (tertiary/aromatic N) is 2. The summed E-state index contributed by atoms with van der Waals surface area (Å²) in [6.45, 7) is 2.06. The first-order valence-corrected chi connectivity index (χ1v) is 4.74. The lowest BCUT2D eigenvalue weighted by molar-refractivity contribution is 0.923. The molecule has 1 aromatic heterocycles. The van der Waals surface area contributed by atoms with Crippen molar-refractivity contribution in [1.29, 1.82) is 0 Å². The molecule has 0 spiro atoms. The van der Waals surface area contributed by atoms with Gasteiger partial charge >= 0.3 is 0 Å². The molecule has 0 radical (unpaired) electrons. The van der Waals surface area contributed by atoms with E-state index in [1.165, 1.54) is 0 Å². The van der Waals surface area contributed by atoms with Crippen molar-refractivity contribution in [2.45, 2.75) is 17.2 Å². The van der Waals surface area contributed by atoms with Gasteiger partial charge in [-0.25, -0.2) is 0 Å². The maximum Gasteiger partial charge on any atom is 0.119 e.